The van der Waals surface area contributed by atoms with Crippen LogP contribution in [0.1, 0.15) is 41.9 Å². The molecule has 0 radical (unpaired) electrons. The average Bonchev–Trinajstić information content (AvgIpc) is 2.49. The van der Waals surface area contributed by atoms with Crippen molar-refractivity contribution < 1.29 is 4.74 Å². The summed E-state index contributed by atoms with van der Waals surface area (Å²) in [5, 5.41) is 0. The zero-order chi connectivity index (χ0) is 14.1. The van der Waals surface area contributed by atoms with E-state index in [-0.39, 0.29) is 5.92 Å². The molecule has 0 saturated heterocycles. The van der Waals surface area contributed by atoms with Crippen molar-refractivity contribution in [2.45, 2.75) is 32.6 Å². The molecule has 1 N–H and O–H groups in total. The summed E-state index contributed by atoms with van der Waals surface area (Å²) in [6.07, 6.45) is 1.87. The molecule has 2 heterocycles. The third kappa shape index (κ3) is 2.24. The first-order valence-electron chi connectivity index (χ1n) is 7.02. The first kappa shape index (κ1) is 13.3. The molecule has 0 spiro atoms. The van der Waals surface area contributed by atoms with Crippen LogP contribution in [0.15, 0.2) is 24.3 Å². The summed E-state index contributed by atoms with van der Waals surface area (Å²) in [6, 6.07) is 8.18. The average molecular weight is 286 g/mol. The van der Waals surface area contributed by atoms with Gasteiger partial charge in [0.2, 0.25) is 0 Å². The number of ether oxygens (including phenoxy) is 1. The zero-order valence-electron chi connectivity index (χ0n) is 11.8. The molecular weight excluding hydrogens is 268 g/mol. The van der Waals surface area contributed by atoms with Gasteiger partial charge in [0.1, 0.15) is 16.2 Å². The fourth-order valence-corrected chi connectivity index (χ4v) is 2.96. The quantitative estimate of drug-likeness (QED) is 0.850. The number of hydrogen-bond acceptors (Lipinski definition) is 3. The fraction of sp³-hybridized carbons (Fsp3) is 0.375. The Kier molecular flexibility index (Phi) is 3.57. The number of aromatic amines is 1. The molecule has 1 unspecified atom stereocenters. The van der Waals surface area contributed by atoms with E-state index in [2.05, 4.69) is 23.0 Å². The SMILES string of the molecule is CCc1[nH]c(C2CCOc3ccccc32)nc(=S)c1C. The minimum absolute atomic E-state index is 0.243. The smallest absolute Gasteiger partial charge is 0.132 e. The summed E-state index contributed by atoms with van der Waals surface area (Å²) < 4.78 is 6.43. The van der Waals surface area contributed by atoms with Crippen LogP contribution >= 0.6 is 12.2 Å². The molecule has 104 valence electrons. The molecular formula is C16H18N2OS. The Morgan fingerprint density at radius 2 is 2.20 bits per heavy atom. The number of nitrogens with zero attached hydrogens (tertiary/aromatic N) is 1. The van der Waals surface area contributed by atoms with Crippen molar-refractivity contribution in [2.24, 2.45) is 0 Å². The number of nitrogens with one attached hydrogen (secondary N) is 1. The lowest BCUT2D eigenvalue weighted by Gasteiger charge is -2.25. The second-order valence-electron chi connectivity index (χ2n) is 5.11. The van der Waals surface area contributed by atoms with Gasteiger partial charge in [0, 0.05) is 22.7 Å². The Morgan fingerprint density at radius 1 is 1.40 bits per heavy atom. The van der Waals surface area contributed by atoms with Gasteiger partial charge in [0.25, 0.3) is 0 Å². The van der Waals surface area contributed by atoms with Crippen LogP contribution in [0.4, 0.5) is 0 Å². The van der Waals surface area contributed by atoms with Crippen molar-refractivity contribution in [1.29, 1.82) is 0 Å². The molecule has 1 aliphatic heterocycles. The topological polar surface area (TPSA) is 37.9 Å². The summed E-state index contributed by atoms with van der Waals surface area (Å²) in [7, 11) is 0. The first-order chi connectivity index (χ1) is 9.70. The van der Waals surface area contributed by atoms with Crippen LogP contribution in [0.3, 0.4) is 0 Å². The molecule has 0 fully saturated rings. The zero-order valence-corrected chi connectivity index (χ0v) is 12.6. The number of para-hydroxylation sites is 1. The molecule has 1 aromatic heterocycles. The van der Waals surface area contributed by atoms with Crippen molar-refractivity contribution in [2.75, 3.05) is 6.61 Å². The van der Waals surface area contributed by atoms with Crippen LogP contribution in [-0.4, -0.2) is 16.6 Å². The van der Waals surface area contributed by atoms with E-state index in [1.807, 2.05) is 25.1 Å². The first-order valence-corrected chi connectivity index (χ1v) is 7.43. The van der Waals surface area contributed by atoms with Crippen LogP contribution in [0.25, 0.3) is 0 Å². The molecule has 0 saturated carbocycles. The van der Waals surface area contributed by atoms with Crippen molar-refractivity contribution in [3.05, 3.63) is 51.6 Å². The van der Waals surface area contributed by atoms with E-state index in [0.29, 0.717) is 4.64 Å². The minimum Gasteiger partial charge on any atom is -0.493 e. The fourth-order valence-electron chi connectivity index (χ4n) is 2.74. The van der Waals surface area contributed by atoms with Gasteiger partial charge in [-0.15, -0.1) is 0 Å². The maximum atomic E-state index is 5.72. The van der Waals surface area contributed by atoms with E-state index in [9.17, 15) is 0 Å². The summed E-state index contributed by atoms with van der Waals surface area (Å²) >= 11 is 5.40. The molecule has 1 aliphatic rings. The van der Waals surface area contributed by atoms with Crippen LogP contribution < -0.4 is 4.74 Å². The predicted octanol–water partition coefficient (Wildman–Crippen LogP) is 3.92. The number of aromatic nitrogens is 2. The molecule has 20 heavy (non-hydrogen) atoms. The predicted molar refractivity (Wildman–Crippen MR) is 81.9 cm³/mol. The number of aryl methyl sites for hydroxylation is 1. The van der Waals surface area contributed by atoms with E-state index in [4.69, 9.17) is 17.0 Å². The van der Waals surface area contributed by atoms with Crippen molar-refractivity contribution in [1.82, 2.24) is 9.97 Å². The van der Waals surface area contributed by atoms with Crippen LogP contribution in [0.2, 0.25) is 0 Å². The minimum atomic E-state index is 0.243. The molecule has 4 heteroatoms. The van der Waals surface area contributed by atoms with Crippen molar-refractivity contribution in [3.63, 3.8) is 0 Å². The number of hydrogen-bond donors (Lipinski definition) is 1. The molecule has 3 nitrogen and oxygen atoms in total. The summed E-state index contributed by atoms with van der Waals surface area (Å²) in [4.78, 5) is 8.09. The number of fused-ring (bicyclic) bond motifs is 1. The molecule has 1 atom stereocenters. The maximum absolute atomic E-state index is 5.72. The van der Waals surface area contributed by atoms with Gasteiger partial charge in [-0.1, -0.05) is 37.3 Å². The number of rotatable bonds is 2. The van der Waals surface area contributed by atoms with E-state index in [0.717, 1.165) is 36.6 Å². The van der Waals surface area contributed by atoms with Crippen LogP contribution in [0.5, 0.6) is 5.75 Å². The Morgan fingerprint density at radius 3 is 3.00 bits per heavy atom. The van der Waals surface area contributed by atoms with E-state index < -0.39 is 0 Å². The molecule has 2 aromatic rings. The monoisotopic (exact) mass is 286 g/mol. The van der Waals surface area contributed by atoms with Crippen LogP contribution in [-0.2, 0) is 6.42 Å². The number of benzene rings is 1. The Bertz CT molecular complexity index is 693. The van der Waals surface area contributed by atoms with Crippen molar-refractivity contribution >= 4 is 12.2 Å². The Labute approximate surface area is 124 Å². The normalized spacial score (nSPS) is 17.4. The van der Waals surface area contributed by atoms with Crippen LogP contribution in [0, 0.1) is 11.6 Å². The lowest BCUT2D eigenvalue weighted by molar-refractivity contribution is 0.274. The van der Waals surface area contributed by atoms with Gasteiger partial charge in [-0.05, 0) is 25.8 Å². The summed E-state index contributed by atoms with van der Waals surface area (Å²) in [6.45, 7) is 4.89. The molecule has 1 aromatic carbocycles. The second kappa shape index (κ2) is 5.37. The van der Waals surface area contributed by atoms with Gasteiger partial charge < -0.3 is 9.72 Å². The molecule has 0 amide bonds. The highest BCUT2D eigenvalue weighted by molar-refractivity contribution is 7.71. The van der Waals surface area contributed by atoms with Gasteiger partial charge in [-0.2, -0.15) is 0 Å². The van der Waals surface area contributed by atoms with E-state index >= 15 is 0 Å². The Balaban J connectivity index is 2.11. The Hall–Kier alpha value is -1.68. The lowest BCUT2D eigenvalue weighted by Crippen LogP contribution is -2.18. The van der Waals surface area contributed by atoms with Gasteiger partial charge in [-0.25, -0.2) is 4.98 Å². The third-order valence-electron chi connectivity index (χ3n) is 3.92. The summed E-state index contributed by atoms with van der Waals surface area (Å²) in [5.41, 5.74) is 3.47. The van der Waals surface area contributed by atoms with Gasteiger partial charge in [-0.3, -0.25) is 0 Å². The largest absolute Gasteiger partial charge is 0.493 e. The van der Waals surface area contributed by atoms with E-state index in [1.165, 1.54) is 11.3 Å². The molecule has 0 aliphatic carbocycles. The highest BCUT2D eigenvalue weighted by atomic mass is 32.1. The highest BCUT2D eigenvalue weighted by Gasteiger charge is 2.24. The third-order valence-corrected chi connectivity index (χ3v) is 4.31. The van der Waals surface area contributed by atoms with Gasteiger partial charge in [0.05, 0.1) is 6.61 Å². The second-order valence-corrected chi connectivity index (χ2v) is 5.50. The molecule has 3 rings (SSSR count). The van der Waals surface area contributed by atoms with Crippen molar-refractivity contribution in [3.8, 4) is 5.75 Å². The van der Waals surface area contributed by atoms with Gasteiger partial charge in [0.15, 0.2) is 0 Å². The highest BCUT2D eigenvalue weighted by Crippen LogP contribution is 2.36. The summed E-state index contributed by atoms with van der Waals surface area (Å²) in [5.74, 6) is 2.17. The number of H-pyrrole nitrogens is 1. The standard InChI is InChI=1S/C16H18N2OS/c1-3-13-10(2)16(20)18-15(17-13)12-8-9-19-14-7-5-4-6-11(12)14/h4-7,12H,3,8-9H2,1-2H3,(H,17,18,20). The molecule has 0 bridgehead atoms. The van der Waals surface area contributed by atoms with E-state index in [1.54, 1.807) is 0 Å². The maximum Gasteiger partial charge on any atom is 0.132 e. The lowest BCUT2D eigenvalue weighted by atomic mass is 9.92. The van der Waals surface area contributed by atoms with Gasteiger partial charge >= 0.3 is 0 Å².